The van der Waals surface area contributed by atoms with Gasteiger partial charge >= 0.3 is 0 Å². The van der Waals surface area contributed by atoms with Gasteiger partial charge in [-0.3, -0.25) is 4.79 Å². The van der Waals surface area contributed by atoms with Crippen LogP contribution in [0.1, 0.15) is 10.6 Å². The van der Waals surface area contributed by atoms with Crippen LogP contribution in [0.25, 0.3) is 0 Å². The van der Waals surface area contributed by atoms with Crippen LogP contribution in [0.2, 0.25) is 5.02 Å². The fourth-order valence-electron chi connectivity index (χ4n) is 2.56. The molecule has 1 aromatic heterocycles. The summed E-state index contributed by atoms with van der Waals surface area (Å²) in [6.45, 7) is 0.232. The lowest BCUT2D eigenvalue weighted by Crippen LogP contribution is -2.49. The van der Waals surface area contributed by atoms with Gasteiger partial charge in [-0.05, 0) is 12.1 Å². The Morgan fingerprint density at radius 2 is 1.58 bits per heavy atom. The molecule has 4 nitrogen and oxygen atoms in total. The van der Waals surface area contributed by atoms with Crippen LogP contribution < -0.4 is 4.90 Å². The maximum absolute atomic E-state index is 14.0. The molecular formula is C15H11ClF4N2O2. The first-order valence-corrected chi connectivity index (χ1v) is 7.38. The van der Waals surface area contributed by atoms with Crippen molar-refractivity contribution in [2.24, 2.45) is 0 Å². The molecule has 2 aromatic rings. The second kappa shape index (κ2) is 6.35. The highest BCUT2D eigenvalue weighted by molar-refractivity contribution is 6.31. The maximum Gasteiger partial charge on any atom is 0.289 e. The quantitative estimate of drug-likeness (QED) is 0.466. The van der Waals surface area contributed by atoms with Gasteiger partial charge < -0.3 is 14.2 Å². The summed E-state index contributed by atoms with van der Waals surface area (Å²) in [5.41, 5.74) is -0.820. The maximum atomic E-state index is 14.0. The van der Waals surface area contributed by atoms with Gasteiger partial charge in [-0.25, -0.2) is 17.6 Å². The Bertz CT molecular complexity index is 745. The monoisotopic (exact) mass is 362 g/mol. The minimum Gasteiger partial charge on any atom is -0.459 e. The van der Waals surface area contributed by atoms with Gasteiger partial charge in [0, 0.05) is 26.2 Å². The molecule has 1 fully saturated rings. The summed E-state index contributed by atoms with van der Waals surface area (Å²) in [6, 6.07) is 3.06. The first kappa shape index (κ1) is 16.6. The number of benzene rings is 1. The molecule has 1 aromatic carbocycles. The van der Waals surface area contributed by atoms with E-state index in [2.05, 4.69) is 0 Å². The highest BCUT2D eigenvalue weighted by Gasteiger charge is 2.31. The van der Waals surface area contributed by atoms with E-state index in [1.54, 1.807) is 6.07 Å². The zero-order valence-electron chi connectivity index (χ0n) is 12.2. The summed E-state index contributed by atoms with van der Waals surface area (Å²) in [4.78, 5) is 14.7. The van der Waals surface area contributed by atoms with Gasteiger partial charge in [-0.2, -0.15) is 0 Å². The van der Waals surface area contributed by atoms with E-state index in [0.717, 1.165) is 4.90 Å². The van der Waals surface area contributed by atoms with E-state index in [4.69, 9.17) is 16.0 Å². The van der Waals surface area contributed by atoms with E-state index in [9.17, 15) is 22.4 Å². The standard InChI is InChI=1S/C15H11ClF4N2O2/c16-9-10(17)12(19)14(13(20)11(9)18)21-3-5-22(6-4-21)15(23)8-2-1-7-24-8/h1-2,7H,3-6H2. The van der Waals surface area contributed by atoms with Gasteiger partial charge in [0.1, 0.15) is 10.7 Å². The molecule has 0 atom stereocenters. The van der Waals surface area contributed by atoms with Crippen LogP contribution in [0.5, 0.6) is 0 Å². The normalized spacial score (nSPS) is 15.0. The Morgan fingerprint density at radius 1 is 1.00 bits per heavy atom. The van der Waals surface area contributed by atoms with Gasteiger partial charge in [0.2, 0.25) is 0 Å². The lowest BCUT2D eigenvalue weighted by atomic mass is 10.2. The number of hydrogen-bond donors (Lipinski definition) is 0. The Kier molecular flexibility index (Phi) is 4.40. The van der Waals surface area contributed by atoms with Crippen LogP contribution >= 0.6 is 11.6 Å². The van der Waals surface area contributed by atoms with Gasteiger partial charge in [-0.1, -0.05) is 11.6 Å². The molecule has 0 radical (unpaired) electrons. The van der Waals surface area contributed by atoms with Crippen LogP contribution in [-0.2, 0) is 0 Å². The number of furan rings is 1. The predicted octanol–water partition coefficient (Wildman–Crippen LogP) is 3.45. The van der Waals surface area contributed by atoms with Crippen molar-refractivity contribution in [3.8, 4) is 0 Å². The summed E-state index contributed by atoms with van der Waals surface area (Å²) in [6.07, 6.45) is 1.35. The Hall–Kier alpha value is -2.22. The lowest BCUT2D eigenvalue weighted by molar-refractivity contribution is 0.0714. The van der Waals surface area contributed by atoms with Crippen LogP contribution in [0, 0.1) is 23.3 Å². The zero-order chi connectivity index (χ0) is 17.4. The van der Waals surface area contributed by atoms with Crippen molar-refractivity contribution in [3.05, 3.63) is 52.4 Å². The third-order valence-corrected chi connectivity index (χ3v) is 4.13. The number of hydrogen-bond acceptors (Lipinski definition) is 3. The SMILES string of the molecule is O=C(c1ccco1)N1CCN(c2c(F)c(F)c(Cl)c(F)c2F)CC1. The average molecular weight is 363 g/mol. The highest BCUT2D eigenvalue weighted by atomic mass is 35.5. The topological polar surface area (TPSA) is 36.7 Å². The first-order valence-electron chi connectivity index (χ1n) is 7.01. The van der Waals surface area contributed by atoms with Crippen LogP contribution in [-0.4, -0.2) is 37.0 Å². The molecule has 128 valence electrons. The van der Waals surface area contributed by atoms with E-state index >= 15 is 0 Å². The Balaban J connectivity index is 1.79. The molecule has 0 spiro atoms. The second-order valence-corrected chi connectivity index (χ2v) is 5.55. The molecule has 0 bridgehead atoms. The summed E-state index contributed by atoms with van der Waals surface area (Å²) in [7, 11) is 0. The number of nitrogens with zero attached hydrogens (tertiary/aromatic N) is 2. The summed E-state index contributed by atoms with van der Waals surface area (Å²) in [5, 5.41) is -1.22. The fraction of sp³-hybridized carbons (Fsp3) is 0.267. The van der Waals surface area contributed by atoms with Crippen molar-refractivity contribution in [1.82, 2.24) is 4.90 Å². The van der Waals surface area contributed by atoms with Crippen molar-refractivity contribution in [2.75, 3.05) is 31.1 Å². The molecule has 24 heavy (non-hydrogen) atoms. The van der Waals surface area contributed by atoms with E-state index in [0.29, 0.717) is 0 Å². The Labute approximate surface area is 139 Å². The molecule has 9 heteroatoms. The molecule has 0 N–H and O–H groups in total. The molecule has 1 saturated heterocycles. The molecule has 3 rings (SSSR count). The van der Waals surface area contributed by atoms with Crippen molar-refractivity contribution in [1.29, 1.82) is 0 Å². The molecule has 0 aliphatic carbocycles. The number of halogens is 5. The molecule has 1 aliphatic heterocycles. The number of piperazine rings is 1. The van der Waals surface area contributed by atoms with Gasteiger partial charge in [-0.15, -0.1) is 0 Å². The van der Waals surface area contributed by atoms with Crippen molar-refractivity contribution < 1.29 is 26.8 Å². The molecule has 1 aliphatic rings. The molecule has 1 amide bonds. The third kappa shape index (κ3) is 2.71. The van der Waals surface area contributed by atoms with Gasteiger partial charge in [0.25, 0.3) is 5.91 Å². The van der Waals surface area contributed by atoms with Crippen LogP contribution in [0.4, 0.5) is 23.2 Å². The minimum absolute atomic E-state index is 0.000795. The number of amides is 1. The van der Waals surface area contributed by atoms with Gasteiger partial charge in [0.15, 0.2) is 29.0 Å². The number of anilines is 1. The lowest BCUT2D eigenvalue weighted by Gasteiger charge is -2.36. The number of carbonyl (C=O) groups is 1. The molecule has 0 unspecified atom stereocenters. The van der Waals surface area contributed by atoms with Crippen molar-refractivity contribution >= 4 is 23.2 Å². The average Bonchev–Trinajstić information content (AvgIpc) is 3.13. The van der Waals surface area contributed by atoms with Crippen LogP contribution in [0.15, 0.2) is 22.8 Å². The smallest absolute Gasteiger partial charge is 0.289 e. The van der Waals surface area contributed by atoms with Crippen LogP contribution in [0.3, 0.4) is 0 Å². The fourth-order valence-corrected chi connectivity index (χ4v) is 2.73. The van der Waals surface area contributed by atoms with E-state index in [1.165, 1.54) is 17.2 Å². The largest absolute Gasteiger partial charge is 0.459 e. The summed E-state index contributed by atoms with van der Waals surface area (Å²) < 4.78 is 60.1. The summed E-state index contributed by atoms with van der Waals surface area (Å²) >= 11 is 5.21. The minimum atomic E-state index is -1.64. The van der Waals surface area contributed by atoms with Crippen molar-refractivity contribution in [3.63, 3.8) is 0 Å². The molecular weight excluding hydrogens is 352 g/mol. The Morgan fingerprint density at radius 3 is 2.08 bits per heavy atom. The van der Waals surface area contributed by atoms with Gasteiger partial charge in [0.05, 0.1) is 6.26 Å². The third-order valence-electron chi connectivity index (χ3n) is 3.80. The zero-order valence-corrected chi connectivity index (χ0v) is 12.9. The highest BCUT2D eigenvalue weighted by Crippen LogP contribution is 2.33. The predicted molar refractivity (Wildman–Crippen MR) is 78.1 cm³/mol. The first-order chi connectivity index (χ1) is 11.4. The number of carbonyl (C=O) groups excluding carboxylic acids is 1. The van der Waals surface area contributed by atoms with E-state index in [1.807, 2.05) is 0 Å². The molecule has 2 heterocycles. The van der Waals surface area contributed by atoms with E-state index in [-0.39, 0.29) is 37.8 Å². The summed E-state index contributed by atoms with van der Waals surface area (Å²) in [5.74, 6) is -6.60. The second-order valence-electron chi connectivity index (χ2n) is 5.18. The molecule has 0 saturated carbocycles. The van der Waals surface area contributed by atoms with Crippen molar-refractivity contribution in [2.45, 2.75) is 0 Å². The number of rotatable bonds is 2. The van der Waals surface area contributed by atoms with E-state index < -0.39 is 34.0 Å².